The van der Waals surface area contributed by atoms with Crippen LogP contribution in [0.15, 0.2) is 22.6 Å². The minimum absolute atomic E-state index is 0.817. The van der Waals surface area contributed by atoms with Crippen LogP contribution < -0.4 is 0 Å². The van der Waals surface area contributed by atoms with E-state index in [1.54, 1.807) is 13.8 Å². The van der Waals surface area contributed by atoms with Gasteiger partial charge in [-0.1, -0.05) is 12.1 Å². The molecule has 0 unspecified atom stereocenters. The highest BCUT2D eigenvalue weighted by Crippen LogP contribution is 2.29. The van der Waals surface area contributed by atoms with E-state index < -0.39 is 5.60 Å². The number of hydrogen-bond acceptors (Lipinski definition) is 2. The number of furan rings is 1. The molecule has 1 N–H and O–H groups in total. The quantitative estimate of drug-likeness (QED) is 0.773. The molecule has 0 spiro atoms. The van der Waals surface area contributed by atoms with Crippen LogP contribution >= 0.6 is 0 Å². The predicted molar refractivity (Wildman–Crippen MR) is 60.9 cm³/mol. The van der Waals surface area contributed by atoms with Crippen LogP contribution in [-0.2, 0) is 5.60 Å². The Labute approximate surface area is 89.5 Å². The SMILES string of the molecule is Cc1oc2cc(C(C)(C)O)ccc2c1C. The number of rotatable bonds is 1. The number of benzene rings is 1. The van der Waals surface area contributed by atoms with Gasteiger partial charge < -0.3 is 9.52 Å². The van der Waals surface area contributed by atoms with Gasteiger partial charge in [0.25, 0.3) is 0 Å². The van der Waals surface area contributed by atoms with Crippen molar-refractivity contribution in [2.45, 2.75) is 33.3 Å². The van der Waals surface area contributed by atoms with Gasteiger partial charge in [0.15, 0.2) is 0 Å². The minimum Gasteiger partial charge on any atom is -0.461 e. The second kappa shape index (κ2) is 3.11. The van der Waals surface area contributed by atoms with Gasteiger partial charge in [0, 0.05) is 5.39 Å². The fourth-order valence-corrected chi connectivity index (χ4v) is 1.73. The van der Waals surface area contributed by atoms with Gasteiger partial charge in [0.1, 0.15) is 11.3 Å². The van der Waals surface area contributed by atoms with Gasteiger partial charge in [-0.25, -0.2) is 0 Å². The average Bonchev–Trinajstić information content (AvgIpc) is 2.41. The highest BCUT2D eigenvalue weighted by molar-refractivity contribution is 5.82. The summed E-state index contributed by atoms with van der Waals surface area (Å²) >= 11 is 0. The highest BCUT2D eigenvalue weighted by Gasteiger charge is 2.17. The number of hydrogen-bond donors (Lipinski definition) is 1. The summed E-state index contributed by atoms with van der Waals surface area (Å²) in [5, 5.41) is 11.0. The third-order valence-corrected chi connectivity index (χ3v) is 2.88. The summed E-state index contributed by atoms with van der Waals surface area (Å²) in [6.07, 6.45) is 0. The molecular formula is C13H16O2. The van der Waals surface area contributed by atoms with Crippen LogP contribution in [0.4, 0.5) is 0 Å². The molecule has 0 aliphatic carbocycles. The maximum Gasteiger partial charge on any atom is 0.134 e. The monoisotopic (exact) mass is 204 g/mol. The molecule has 0 amide bonds. The van der Waals surface area contributed by atoms with Crippen molar-refractivity contribution in [3.05, 3.63) is 35.1 Å². The summed E-state index contributed by atoms with van der Waals surface area (Å²) < 4.78 is 5.62. The molecule has 15 heavy (non-hydrogen) atoms. The van der Waals surface area contributed by atoms with Crippen LogP contribution in [0.1, 0.15) is 30.7 Å². The smallest absolute Gasteiger partial charge is 0.134 e. The minimum atomic E-state index is -0.817. The van der Waals surface area contributed by atoms with Gasteiger partial charge in [-0.05, 0) is 44.9 Å². The molecule has 0 fully saturated rings. The van der Waals surface area contributed by atoms with E-state index in [2.05, 4.69) is 0 Å². The average molecular weight is 204 g/mol. The van der Waals surface area contributed by atoms with Crippen LogP contribution in [0, 0.1) is 13.8 Å². The van der Waals surface area contributed by atoms with E-state index in [0.717, 1.165) is 22.3 Å². The summed E-state index contributed by atoms with van der Waals surface area (Å²) in [4.78, 5) is 0. The zero-order valence-corrected chi connectivity index (χ0v) is 9.59. The van der Waals surface area contributed by atoms with E-state index in [1.807, 2.05) is 32.0 Å². The molecule has 0 bridgehead atoms. The first-order valence-corrected chi connectivity index (χ1v) is 5.12. The molecular weight excluding hydrogens is 188 g/mol. The summed E-state index contributed by atoms with van der Waals surface area (Å²) in [5.41, 5.74) is 2.09. The van der Waals surface area contributed by atoms with E-state index in [-0.39, 0.29) is 0 Å². The van der Waals surface area contributed by atoms with Crippen molar-refractivity contribution >= 4 is 11.0 Å². The molecule has 2 aromatic rings. The topological polar surface area (TPSA) is 33.4 Å². The van der Waals surface area contributed by atoms with Crippen molar-refractivity contribution in [2.75, 3.05) is 0 Å². The lowest BCUT2D eigenvalue weighted by Gasteiger charge is -2.17. The first-order valence-electron chi connectivity index (χ1n) is 5.12. The Hall–Kier alpha value is -1.28. The molecule has 1 heterocycles. The molecule has 2 nitrogen and oxygen atoms in total. The van der Waals surface area contributed by atoms with E-state index >= 15 is 0 Å². The summed E-state index contributed by atoms with van der Waals surface area (Å²) in [6.45, 7) is 7.55. The van der Waals surface area contributed by atoms with E-state index in [9.17, 15) is 5.11 Å². The Kier molecular flexibility index (Phi) is 2.12. The lowest BCUT2D eigenvalue weighted by Crippen LogP contribution is -2.14. The molecule has 0 saturated carbocycles. The summed E-state index contributed by atoms with van der Waals surface area (Å²) in [6, 6.07) is 5.87. The molecule has 0 aliphatic rings. The van der Waals surface area contributed by atoms with Gasteiger partial charge in [0.2, 0.25) is 0 Å². The molecule has 0 aliphatic heterocycles. The van der Waals surface area contributed by atoms with E-state index in [0.29, 0.717) is 0 Å². The Morgan fingerprint density at radius 2 is 1.87 bits per heavy atom. The van der Waals surface area contributed by atoms with Crippen LogP contribution in [0.3, 0.4) is 0 Å². The zero-order chi connectivity index (χ0) is 11.2. The van der Waals surface area contributed by atoms with Crippen molar-refractivity contribution in [1.29, 1.82) is 0 Å². The van der Waals surface area contributed by atoms with Crippen LogP contribution in [-0.4, -0.2) is 5.11 Å². The Morgan fingerprint density at radius 1 is 1.20 bits per heavy atom. The molecule has 80 valence electrons. The fourth-order valence-electron chi connectivity index (χ4n) is 1.73. The number of aliphatic hydroxyl groups is 1. The maximum atomic E-state index is 9.88. The molecule has 0 atom stereocenters. The van der Waals surface area contributed by atoms with Gasteiger partial charge in [0.05, 0.1) is 5.60 Å². The number of fused-ring (bicyclic) bond motifs is 1. The van der Waals surface area contributed by atoms with Crippen molar-refractivity contribution in [2.24, 2.45) is 0 Å². The first-order chi connectivity index (χ1) is 6.89. The van der Waals surface area contributed by atoms with Gasteiger partial charge in [-0.15, -0.1) is 0 Å². The molecule has 0 saturated heterocycles. The Bertz CT molecular complexity index is 501. The largest absolute Gasteiger partial charge is 0.461 e. The fraction of sp³-hybridized carbons (Fsp3) is 0.385. The third kappa shape index (κ3) is 1.65. The zero-order valence-electron chi connectivity index (χ0n) is 9.59. The van der Waals surface area contributed by atoms with Gasteiger partial charge >= 0.3 is 0 Å². The Balaban J connectivity index is 2.67. The van der Waals surface area contributed by atoms with E-state index in [1.165, 1.54) is 5.56 Å². The highest BCUT2D eigenvalue weighted by atomic mass is 16.3. The predicted octanol–water partition coefficient (Wildman–Crippen LogP) is 3.28. The van der Waals surface area contributed by atoms with Crippen LogP contribution in [0.25, 0.3) is 11.0 Å². The van der Waals surface area contributed by atoms with Crippen LogP contribution in [0.5, 0.6) is 0 Å². The van der Waals surface area contributed by atoms with Crippen molar-refractivity contribution in [3.8, 4) is 0 Å². The molecule has 2 heteroatoms. The molecule has 1 aromatic heterocycles. The Morgan fingerprint density at radius 3 is 2.47 bits per heavy atom. The standard InChI is InChI=1S/C13H16O2/c1-8-9(2)15-12-7-10(13(3,4)14)5-6-11(8)12/h5-7,14H,1-4H3. The lowest BCUT2D eigenvalue weighted by molar-refractivity contribution is 0.0786. The second-order valence-corrected chi connectivity index (χ2v) is 4.55. The van der Waals surface area contributed by atoms with Crippen LogP contribution in [0.2, 0.25) is 0 Å². The van der Waals surface area contributed by atoms with Crippen molar-refractivity contribution < 1.29 is 9.52 Å². The summed E-state index contributed by atoms with van der Waals surface area (Å²) in [7, 11) is 0. The lowest BCUT2D eigenvalue weighted by atomic mass is 9.97. The van der Waals surface area contributed by atoms with Crippen molar-refractivity contribution in [3.63, 3.8) is 0 Å². The maximum absolute atomic E-state index is 9.88. The number of aryl methyl sites for hydroxylation is 2. The normalized spacial score (nSPS) is 12.3. The van der Waals surface area contributed by atoms with Gasteiger partial charge in [-0.2, -0.15) is 0 Å². The molecule has 2 rings (SSSR count). The third-order valence-electron chi connectivity index (χ3n) is 2.88. The first kappa shape index (κ1) is 10.2. The molecule has 1 aromatic carbocycles. The van der Waals surface area contributed by atoms with Crippen molar-refractivity contribution in [1.82, 2.24) is 0 Å². The van der Waals surface area contributed by atoms with E-state index in [4.69, 9.17) is 4.42 Å². The van der Waals surface area contributed by atoms with Gasteiger partial charge in [-0.3, -0.25) is 0 Å². The summed E-state index contributed by atoms with van der Waals surface area (Å²) in [5.74, 6) is 0.942. The molecule has 0 radical (unpaired) electrons. The second-order valence-electron chi connectivity index (χ2n) is 4.55.